The van der Waals surface area contributed by atoms with Gasteiger partial charge < -0.3 is 0 Å². The Kier molecular flexibility index (Phi) is 4.88. The Balaban J connectivity index is 2.10. The number of halogens is 1. The lowest BCUT2D eigenvalue weighted by atomic mass is 10.2. The number of hydrogen-bond donors (Lipinski definition) is 0. The number of nitrogens with zero attached hydrogens (tertiary/aromatic N) is 2. The minimum atomic E-state index is -0.352. The highest BCUT2D eigenvalue weighted by Crippen LogP contribution is 2.25. The van der Waals surface area contributed by atoms with Crippen molar-refractivity contribution in [3.8, 4) is 0 Å². The van der Waals surface area contributed by atoms with Gasteiger partial charge in [-0.3, -0.25) is 9.59 Å². The normalized spacial score (nSPS) is 10.5. The van der Waals surface area contributed by atoms with E-state index >= 15 is 0 Å². The first kappa shape index (κ1) is 16.3. The van der Waals surface area contributed by atoms with Gasteiger partial charge in [-0.2, -0.15) is 0 Å². The summed E-state index contributed by atoms with van der Waals surface area (Å²) in [4.78, 5) is 32.2. The van der Waals surface area contributed by atoms with E-state index in [-0.39, 0.29) is 11.8 Å². The number of carbonyl (C=O) groups is 2. The molecule has 2 amide bonds. The summed E-state index contributed by atoms with van der Waals surface area (Å²) in [6.45, 7) is 1.85. The molecule has 0 bridgehead atoms. The molecule has 0 saturated carbocycles. The Bertz CT molecular complexity index is 799. The number of aryl methyl sites for hydroxylation is 1. The molecule has 0 N–H and O–H groups in total. The fourth-order valence-corrected chi connectivity index (χ4v) is 3.99. The van der Waals surface area contributed by atoms with Crippen LogP contribution in [0.5, 0.6) is 0 Å². The highest BCUT2D eigenvalue weighted by molar-refractivity contribution is 14.1. The monoisotopic (exact) mass is 454 g/mol. The third-order valence-corrected chi connectivity index (χ3v) is 5.40. The van der Waals surface area contributed by atoms with E-state index in [0.717, 1.165) is 9.13 Å². The van der Waals surface area contributed by atoms with Crippen molar-refractivity contribution in [2.24, 2.45) is 0 Å². The zero-order valence-corrected chi connectivity index (χ0v) is 15.8. The van der Waals surface area contributed by atoms with Crippen LogP contribution in [0.25, 0.3) is 0 Å². The van der Waals surface area contributed by atoms with Crippen molar-refractivity contribution in [3.63, 3.8) is 0 Å². The van der Waals surface area contributed by atoms with Crippen molar-refractivity contribution in [1.82, 2.24) is 4.98 Å². The second-order valence-electron chi connectivity index (χ2n) is 4.69. The highest BCUT2D eigenvalue weighted by atomic mass is 127. The lowest BCUT2D eigenvalue weighted by Gasteiger charge is -2.20. The van der Waals surface area contributed by atoms with Crippen LogP contribution in [0.4, 0.5) is 5.82 Å². The van der Waals surface area contributed by atoms with Crippen molar-refractivity contribution in [3.05, 3.63) is 66.2 Å². The Morgan fingerprint density at radius 3 is 2.09 bits per heavy atom. The van der Waals surface area contributed by atoms with E-state index in [2.05, 4.69) is 27.6 Å². The number of thiophene rings is 2. The van der Waals surface area contributed by atoms with Crippen LogP contribution in [0.2, 0.25) is 0 Å². The van der Waals surface area contributed by atoms with Crippen LogP contribution in [0, 0.1) is 10.5 Å². The van der Waals surface area contributed by atoms with E-state index in [1.807, 2.05) is 23.8 Å². The van der Waals surface area contributed by atoms with Crippen molar-refractivity contribution in [2.75, 3.05) is 4.90 Å². The van der Waals surface area contributed by atoms with Gasteiger partial charge in [0, 0.05) is 9.77 Å². The topological polar surface area (TPSA) is 50.3 Å². The number of imide groups is 1. The van der Waals surface area contributed by atoms with Gasteiger partial charge in [-0.1, -0.05) is 12.1 Å². The van der Waals surface area contributed by atoms with E-state index in [1.54, 1.807) is 30.5 Å². The molecule has 0 saturated heterocycles. The summed E-state index contributed by atoms with van der Waals surface area (Å²) in [5.74, 6) is -0.326. The summed E-state index contributed by atoms with van der Waals surface area (Å²) in [5.41, 5.74) is 0.784. The van der Waals surface area contributed by atoms with Gasteiger partial charge in [0.1, 0.15) is 5.82 Å². The molecule has 0 atom stereocenters. The third-order valence-electron chi connectivity index (χ3n) is 3.10. The molecular weight excluding hydrogens is 443 g/mol. The quantitative estimate of drug-likeness (QED) is 0.429. The standard InChI is InChI=1S/C16H11IN2O2S2/c1-10-8-11(17)9-18-14(10)19(15(20)12-4-2-6-22-12)16(21)13-5-3-7-23-13/h2-9H,1H3. The summed E-state index contributed by atoms with van der Waals surface area (Å²) >= 11 is 4.77. The molecule has 0 radical (unpaired) electrons. The predicted octanol–water partition coefficient (Wildman–Crippen LogP) is 4.60. The molecule has 0 aliphatic carbocycles. The van der Waals surface area contributed by atoms with Crippen molar-refractivity contribution in [2.45, 2.75) is 6.92 Å². The molecule has 0 fully saturated rings. The third kappa shape index (κ3) is 3.36. The molecule has 0 aliphatic rings. The number of anilines is 1. The van der Waals surface area contributed by atoms with Gasteiger partial charge in [0.25, 0.3) is 11.8 Å². The Morgan fingerprint density at radius 2 is 1.65 bits per heavy atom. The average Bonchev–Trinajstić information content (AvgIpc) is 3.22. The Labute approximate surface area is 154 Å². The van der Waals surface area contributed by atoms with Gasteiger partial charge in [-0.15, -0.1) is 22.7 Å². The minimum Gasteiger partial charge on any atom is -0.267 e. The zero-order valence-electron chi connectivity index (χ0n) is 12.0. The fourth-order valence-electron chi connectivity index (χ4n) is 2.07. The minimum absolute atomic E-state index is 0.352. The molecule has 23 heavy (non-hydrogen) atoms. The Hall–Kier alpha value is -1.58. The molecule has 3 aromatic rings. The molecule has 0 unspecified atom stereocenters. The van der Waals surface area contributed by atoms with E-state index in [4.69, 9.17) is 0 Å². The first-order chi connectivity index (χ1) is 11.1. The predicted molar refractivity (Wildman–Crippen MR) is 101 cm³/mol. The first-order valence-electron chi connectivity index (χ1n) is 6.66. The highest BCUT2D eigenvalue weighted by Gasteiger charge is 2.29. The van der Waals surface area contributed by atoms with Gasteiger partial charge in [0.15, 0.2) is 0 Å². The molecule has 3 rings (SSSR count). The van der Waals surface area contributed by atoms with Crippen molar-refractivity contribution in [1.29, 1.82) is 0 Å². The summed E-state index contributed by atoms with van der Waals surface area (Å²) in [6, 6.07) is 8.91. The maximum Gasteiger partial charge on any atom is 0.276 e. The average molecular weight is 454 g/mol. The smallest absolute Gasteiger partial charge is 0.267 e. The number of pyridine rings is 1. The fraction of sp³-hybridized carbons (Fsp3) is 0.0625. The SMILES string of the molecule is Cc1cc(I)cnc1N(C(=O)c1cccs1)C(=O)c1cccs1. The molecule has 116 valence electrons. The van der Waals surface area contributed by atoms with Gasteiger partial charge in [-0.25, -0.2) is 9.88 Å². The maximum atomic E-state index is 12.9. The van der Waals surface area contributed by atoms with Gasteiger partial charge in [0.2, 0.25) is 0 Å². The second-order valence-corrected chi connectivity index (χ2v) is 7.84. The van der Waals surface area contributed by atoms with Crippen LogP contribution >= 0.6 is 45.3 Å². The molecule has 3 aromatic heterocycles. The molecule has 7 heteroatoms. The number of hydrogen-bond acceptors (Lipinski definition) is 5. The Morgan fingerprint density at radius 1 is 1.09 bits per heavy atom. The van der Waals surface area contributed by atoms with Crippen molar-refractivity contribution >= 4 is 62.9 Å². The largest absolute Gasteiger partial charge is 0.276 e. The van der Waals surface area contributed by atoms with Crippen LogP contribution in [0.1, 0.15) is 24.9 Å². The summed E-state index contributed by atoms with van der Waals surface area (Å²) in [6.07, 6.45) is 1.65. The van der Waals surface area contributed by atoms with E-state index in [9.17, 15) is 9.59 Å². The van der Waals surface area contributed by atoms with E-state index in [0.29, 0.717) is 15.6 Å². The second kappa shape index (κ2) is 6.90. The zero-order chi connectivity index (χ0) is 16.4. The number of carbonyl (C=O) groups excluding carboxylic acids is 2. The van der Waals surface area contributed by atoms with Crippen LogP contribution in [-0.2, 0) is 0 Å². The van der Waals surface area contributed by atoms with Crippen LogP contribution < -0.4 is 4.90 Å². The summed E-state index contributed by atoms with van der Waals surface area (Å²) in [5, 5.41) is 3.63. The lowest BCUT2D eigenvalue weighted by Crippen LogP contribution is -2.37. The molecule has 0 aliphatic heterocycles. The van der Waals surface area contributed by atoms with E-state index < -0.39 is 0 Å². The van der Waals surface area contributed by atoms with Crippen LogP contribution in [-0.4, -0.2) is 16.8 Å². The van der Waals surface area contributed by atoms with Gasteiger partial charge in [0.05, 0.1) is 9.75 Å². The molecule has 0 aromatic carbocycles. The van der Waals surface area contributed by atoms with Crippen LogP contribution in [0.3, 0.4) is 0 Å². The maximum absolute atomic E-state index is 12.9. The number of aromatic nitrogens is 1. The summed E-state index contributed by atoms with van der Waals surface area (Å²) in [7, 11) is 0. The van der Waals surface area contributed by atoms with Crippen LogP contribution in [0.15, 0.2) is 47.3 Å². The number of amides is 2. The van der Waals surface area contributed by atoms with Crippen molar-refractivity contribution < 1.29 is 9.59 Å². The molecule has 0 spiro atoms. The van der Waals surface area contributed by atoms with E-state index in [1.165, 1.54) is 27.6 Å². The van der Waals surface area contributed by atoms with Gasteiger partial charge in [-0.05, 0) is 64.0 Å². The molecule has 3 heterocycles. The van der Waals surface area contributed by atoms with Gasteiger partial charge >= 0.3 is 0 Å². The first-order valence-corrected chi connectivity index (χ1v) is 9.49. The summed E-state index contributed by atoms with van der Waals surface area (Å²) < 4.78 is 0.955. The number of rotatable bonds is 3. The molecular formula is C16H11IN2O2S2. The lowest BCUT2D eigenvalue weighted by molar-refractivity contribution is 0.0900. The molecule has 4 nitrogen and oxygen atoms in total.